The molecule has 86 valence electrons. The number of halogens is 2. The van der Waals surface area contributed by atoms with Crippen LogP contribution < -0.4 is 5.32 Å². The van der Waals surface area contributed by atoms with Crippen LogP contribution in [0.1, 0.15) is 12.8 Å². The van der Waals surface area contributed by atoms with Crippen molar-refractivity contribution in [3.8, 4) is 0 Å². The molecule has 0 heterocycles. The number of nitrogens with one attached hydrogen (secondary N) is 1. The molecule has 0 aliphatic rings. The van der Waals surface area contributed by atoms with Gasteiger partial charge in [-0.05, 0) is 40.8 Å². The molecule has 6 heteroatoms. The van der Waals surface area contributed by atoms with Crippen LogP contribution in [0.5, 0.6) is 0 Å². The second kappa shape index (κ2) is 6.05. The van der Waals surface area contributed by atoms with Gasteiger partial charge in [0.15, 0.2) is 0 Å². The number of carboxylic acid groups (broad SMARTS) is 1. The number of carboxylic acids is 1. The van der Waals surface area contributed by atoms with E-state index in [2.05, 4.69) is 5.32 Å². The molecule has 4 nitrogen and oxygen atoms in total. The van der Waals surface area contributed by atoms with Crippen LogP contribution in [-0.2, 0) is 9.59 Å². The van der Waals surface area contributed by atoms with Crippen molar-refractivity contribution < 1.29 is 14.7 Å². The highest BCUT2D eigenvalue weighted by atomic mass is 127. The van der Waals surface area contributed by atoms with Gasteiger partial charge in [0, 0.05) is 15.0 Å². The smallest absolute Gasteiger partial charge is 0.303 e. The molecule has 0 bridgehead atoms. The lowest BCUT2D eigenvalue weighted by atomic mass is 10.2. The zero-order chi connectivity index (χ0) is 12.1. The van der Waals surface area contributed by atoms with Gasteiger partial charge in [-0.1, -0.05) is 11.6 Å². The van der Waals surface area contributed by atoms with Crippen molar-refractivity contribution in [2.75, 3.05) is 5.32 Å². The second-order valence-corrected chi connectivity index (χ2v) is 4.66. The number of amides is 1. The number of carbonyl (C=O) groups excluding carboxylic acids is 1. The highest BCUT2D eigenvalue weighted by Gasteiger charge is 2.07. The highest BCUT2D eigenvalue weighted by molar-refractivity contribution is 14.1. The summed E-state index contributed by atoms with van der Waals surface area (Å²) in [5.74, 6) is -1.30. The molecule has 0 radical (unpaired) electrons. The number of hydrogen-bond donors (Lipinski definition) is 2. The van der Waals surface area contributed by atoms with Gasteiger partial charge in [0.05, 0.1) is 12.1 Å². The Bertz CT molecular complexity index is 423. The van der Waals surface area contributed by atoms with Crippen molar-refractivity contribution in [2.45, 2.75) is 12.8 Å². The second-order valence-electron chi connectivity index (χ2n) is 3.07. The average Bonchev–Trinajstić information content (AvgIpc) is 2.19. The number of aliphatic carboxylic acids is 1. The van der Waals surface area contributed by atoms with Crippen molar-refractivity contribution in [2.24, 2.45) is 0 Å². The molecule has 0 fully saturated rings. The summed E-state index contributed by atoms with van der Waals surface area (Å²) in [7, 11) is 0. The largest absolute Gasteiger partial charge is 0.481 e. The third-order valence-corrected chi connectivity index (χ3v) is 2.90. The summed E-state index contributed by atoms with van der Waals surface area (Å²) in [5, 5.41) is 11.6. The number of carbonyl (C=O) groups is 2. The van der Waals surface area contributed by atoms with E-state index in [0.717, 1.165) is 3.57 Å². The van der Waals surface area contributed by atoms with E-state index in [9.17, 15) is 9.59 Å². The maximum absolute atomic E-state index is 11.3. The van der Waals surface area contributed by atoms with Gasteiger partial charge in [0.1, 0.15) is 0 Å². The molecular weight excluding hydrogens is 344 g/mol. The first kappa shape index (κ1) is 13.2. The molecule has 0 saturated heterocycles. The van der Waals surface area contributed by atoms with E-state index in [1.165, 1.54) is 0 Å². The Balaban J connectivity index is 2.59. The van der Waals surface area contributed by atoms with Crippen LogP contribution in [0.2, 0.25) is 5.02 Å². The quantitative estimate of drug-likeness (QED) is 0.818. The zero-order valence-electron chi connectivity index (χ0n) is 8.17. The number of benzene rings is 1. The van der Waals surface area contributed by atoms with E-state index < -0.39 is 5.97 Å². The van der Waals surface area contributed by atoms with Gasteiger partial charge >= 0.3 is 5.97 Å². The van der Waals surface area contributed by atoms with Crippen molar-refractivity contribution in [1.82, 2.24) is 0 Å². The summed E-state index contributed by atoms with van der Waals surface area (Å²) in [6.07, 6.45) is -0.204. The lowest BCUT2D eigenvalue weighted by Gasteiger charge is -2.06. The molecule has 0 aromatic heterocycles. The van der Waals surface area contributed by atoms with Crippen LogP contribution in [0, 0.1) is 3.57 Å². The Labute approximate surface area is 111 Å². The molecule has 0 aliphatic heterocycles. The molecule has 1 aromatic carbocycles. The predicted octanol–water partition coefficient (Wildman–Crippen LogP) is 2.75. The fourth-order valence-corrected chi connectivity index (χ4v) is 2.03. The van der Waals surface area contributed by atoms with Crippen LogP contribution in [0.4, 0.5) is 5.69 Å². The van der Waals surface area contributed by atoms with E-state index in [1.54, 1.807) is 18.2 Å². The minimum atomic E-state index is -0.985. The summed E-state index contributed by atoms with van der Waals surface area (Å²) >= 11 is 7.81. The van der Waals surface area contributed by atoms with Gasteiger partial charge in [-0.25, -0.2) is 0 Å². The number of hydrogen-bond acceptors (Lipinski definition) is 2. The molecule has 0 spiro atoms. The maximum atomic E-state index is 11.3. The molecule has 1 aromatic rings. The van der Waals surface area contributed by atoms with Gasteiger partial charge in [-0.2, -0.15) is 0 Å². The van der Waals surface area contributed by atoms with Crippen LogP contribution in [0.15, 0.2) is 18.2 Å². The van der Waals surface area contributed by atoms with Crippen molar-refractivity contribution in [3.63, 3.8) is 0 Å². The topological polar surface area (TPSA) is 66.4 Å². The number of anilines is 1. The van der Waals surface area contributed by atoms with Crippen LogP contribution >= 0.6 is 34.2 Å². The van der Waals surface area contributed by atoms with Gasteiger partial charge < -0.3 is 10.4 Å². The van der Waals surface area contributed by atoms with E-state index in [-0.39, 0.29) is 18.7 Å². The standard InChI is InChI=1S/C10H9ClINO3/c11-6-1-2-8(7(12)5-6)13-9(14)3-4-10(15)16/h1-2,5H,3-4H2,(H,13,14)(H,15,16). The Morgan fingerprint density at radius 1 is 1.38 bits per heavy atom. The highest BCUT2D eigenvalue weighted by Crippen LogP contribution is 2.22. The third-order valence-electron chi connectivity index (χ3n) is 1.77. The predicted molar refractivity (Wildman–Crippen MR) is 69.7 cm³/mol. The fraction of sp³-hybridized carbons (Fsp3) is 0.200. The van der Waals surface area contributed by atoms with Gasteiger partial charge in [-0.15, -0.1) is 0 Å². The molecule has 1 rings (SSSR count). The van der Waals surface area contributed by atoms with E-state index in [0.29, 0.717) is 10.7 Å². The van der Waals surface area contributed by atoms with E-state index in [1.807, 2.05) is 22.6 Å². The van der Waals surface area contributed by atoms with Gasteiger partial charge in [0.25, 0.3) is 0 Å². The molecule has 0 saturated carbocycles. The Kier molecular flexibility index (Phi) is 5.01. The first-order valence-corrected chi connectivity index (χ1v) is 5.91. The first-order chi connectivity index (χ1) is 7.49. The molecule has 16 heavy (non-hydrogen) atoms. The molecule has 0 unspecified atom stereocenters. The lowest BCUT2D eigenvalue weighted by Crippen LogP contribution is -2.13. The summed E-state index contributed by atoms with van der Waals surface area (Å²) < 4.78 is 0.814. The monoisotopic (exact) mass is 353 g/mol. The minimum Gasteiger partial charge on any atom is -0.481 e. The molecule has 2 N–H and O–H groups in total. The number of rotatable bonds is 4. The van der Waals surface area contributed by atoms with Crippen LogP contribution in [0.3, 0.4) is 0 Å². The average molecular weight is 354 g/mol. The Hall–Kier alpha value is -0.820. The Morgan fingerprint density at radius 2 is 2.06 bits per heavy atom. The van der Waals surface area contributed by atoms with E-state index in [4.69, 9.17) is 16.7 Å². The first-order valence-electron chi connectivity index (χ1n) is 4.45. The summed E-state index contributed by atoms with van der Waals surface area (Å²) in [6.45, 7) is 0. The third kappa shape index (κ3) is 4.36. The minimum absolute atomic E-state index is 0.0337. The van der Waals surface area contributed by atoms with Crippen molar-refractivity contribution >= 4 is 51.8 Å². The normalized spacial score (nSPS) is 9.88. The fourth-order valence-electron chi connectivity index (χ4n) is 1.02. The summed E-state index contributed by atoms with van der Waals surface area (Å²) in [4.78, 5) is 21.6. The lowest BCUT2D eigenvalue weighted by molar-refractivity contribution is -0.138. The van der Waals surface area contributed by atoms with Crippen molar-refractivity contribution in [3.05, 3.63) is 26.8 Å². The summed E-state index contributed by atoms with van der Waals surface area (Å²) in [6, 6.07) is 5.06. The van der Waals surface area contributed by atoms with Crippen molar-refractivity contribution in [1.29, 1.82) is 0 Å². The zero-order valence-corrected chi connectivity index (χ0v) is 11.1. The SMILES string of the molecule is O=C(O)CCC(=O)Nc1ccc(Cl)cc1I. The van der Waals surface area contributed by atoms with Gasteiger partial charge in [-0.3, -0.25) is 9.59 Å². The summed E-state index contributed by atoms with van der Waals surface area (Å²) in [5.41, 5.74) is 0.639. The van der Waals surface area contributed by atoms with Crippen LogP contribution in [0.25, 0.3) is 0 Å². The molecule has 0 atom stereocenters. The maximum Gasteiger partial charge on any atom is 0.303 e. The van der Waals surface area contributed by atoms with Gasteiger partial charge in [0.2, 0.25) is 5.91 Å². The molecular formula is C10H9ClINO3. The van der Waals surface area contributed by atoms with E-state index >= 15 is 0 Å². The molecule has 1 amide bonds. The van der Waals surface area contributed by atoms with Crippen LogP contribution in [-0.4, -0.2) is 17.0 Å². The Morgan fingerprint density at radius 3 is 2.62 bits per heavy atom. The molecule has 0 aliphatic carbocycles.